The quantitative estimate of drug-likeness (QED) is 0.452. The Morgan fingerprint density at radius 1 is 1.17 bits per heavy atom. The summed E-state index contributed by atoms with van der Waals surface area (Å²) >= 11 is 7.36. The Hall–Kier alpha value is -2.19. The Morgan fingerprint density at radius 3 is 2.69 bits per heavy atom. The number of rotatable bonds is 3. The molecule has 0 atom stereocenters. The molecule has 1 aliphatic heterocycles. The van der Waals surface area contributed by atoms with Crippen LogP contribution in [0.2, 0.25) is 0 Å². The summed E-state index contributed by atoms with van der Waals surface area (Å²) in [4.78, 5) is 22.7. The first-order valence-electron chi connectivity index (χ1n) is 10.1. The number of pyridine rings is 1. The highest BCUT2D eigenvalue weighted by molar-refractivity contribution is 7.80. The van der Waals surface area contributed by atoms with E-state index in [0.29, 0.717) is 10.7 Å². The van der Waals surface area contributed by atoms with E-state index >= 15 is 0 Å². The summed E-state index contributed by atoms with van der Waals surface area (Å²) in [6, 6.07) is 5.98. The number of carbonyl (C=O) groups is 1. The van der Waals surface area contributed by atoms with Gasteiger partial charge in [0.1, 0.15) is 10.8 Å². The van der Waals surface area contributed by atoms with Crippen LogP contribution in [0.1, 0.15) is 40.1 Å². The number of thiocarbonyl (C=S) groups is 1. The molecule has 0 amide bonds. The SMILES string of the molecule is COC(=O)c1c(NC(=S)N2CCN(c3ccccn3)CC2)sc2c1CCCCC2. The van der Waals surface area contributed by atoms with Crippen molar-refractivity contribution in [2.45, 2.75) is 32.1 Å². The first-order chi connectivity index (χ1) is 14.2. The number of hydrogen-bond acceptors (Lipinski definition) is 6. The van der Waals surface area contributed by atoms with Crippen LogP contribution in [0.4, 0.5) is 10.8 Å². The van der Waals surface area contributed by atoms with E-state index in [2.05, 4.69) is 20.1 Å². The lowest BCUT2D eigenvalue weighted by Gasteiger charge is -2.36. The molecule has 0 unspecified atom stereocenters. The van der Waals surface area contributed by atoms with Crippen molar-refractivity contribution in [1.29, 1.82) is 0 Å². The van der Waals surface area contributed by atoms with Gasteiger partial charge < -0.3 is 19.9 Å². The van der Waals surface area contributed by atoms with Crippen LogP contribution in [0.3, 0.4) is 0 Å². The lowest BCUT2D eigenvalue weighted by Crippen LogP contribution is -2.50. The number of nitrogens with zero attached hydrogens (tertiary/aromatic N) is 3. The summed E-state index contributed by atoms with van der Waals surface area (Å²) in [5.74, 6) is 0.732. The van der Waals surface area contributed by atoms with Crippen molar-refractivity contribution >= 4 is 45.5 Å². The highest BCUT2D eigenvalue weighted by Crippen LogP contribution is 2.38. The van der Waals surface area contributed by atoms with Gasteiger partial charge in [-0.25, -0.2) is 9.78 Å². The minimum absolute atomic E-state index is 0.269. The summed E-state index contributed by atoms with van der Waals surface area (Å²) in [6.45, 7) is 3.37. The maximum Gasteiger partial charge on any atom is 0.341 e. The molecule has 8 heteroatoms. The zero-order valence-corrected chi connectivity index (χ0v) is 18.3. The molecular formula is C21H26N4O2S2. The van der Waals surface area contributed by atoms with Gasteiger partial charge in [0.15, 0.2) is 5.11 Å². The number of methoxy groups -OCH3 is 1. The number of piperazine rings is 1. The highest BCUT2D eigenvalue weighted by atomic mass is 32.1. The van der Waals surface area contributed by atoms with Gasteiger partial charge in [0, 0.05) is 37.3 Å². The van der Waals surface area contributed by atoms with Crippen LogP contribution < -0.4 is 10.2 Å². The number of ether oxygens (including phenoxy) is 1. The number of fused-ring (bicyclic) bond motifs is 1. The van der Waals surface area contributed by atoms with Crippen LogP contribution in [0, 0.1) is 0 Å². The number of thiophene rings is 1. The third-order valence-corrected chi connectivity index (χ3v) is 7.14. The smallest absolute Gasteiger partial charge is 0.341 e. The molecule has 1 saturated heterocycles. The summed E-state index contributed by atoms with van der Waals surface area (Å²) < 4.78 is 5.09. The first kappa shape index (κ1) is 20.1. The van der Waals surface area contributed by atoms with Crippen LogP contribution in [0.25, 0.3) is 0 Å². The number of hydrogen-bond donors (Lipinski definition) is 1. The van der Waals surface area contributed by atoms with Crippen molar-refractivity contribution in [2.75, 3.05) is 43.5 Å². The Labute approximate surface area is 180 Å². The molecule has 0 radical (unpaired) electrons. The average Bonchev–Trinajstić information content (AvgIpc) is 2.94. The number of nitrogens with one attached hydrogen (secondary N) is 1. The molecule has 0 saturated carbocycles. The van der Waals surface area contributed by atoms with Gasteiger partial charge in [0.25, 0.3) is 0 Å². The van der Waals surface area contributed by atoms with Crippen LogP contribution >= 0.6 is 23.6 Å². The normalized spacial score (nSPS) is 16.7. The summed E-state index contributed by atoms with van der Waals surface area (Å²) in [5.41, 5.74) is 1.84. The molecule has 2 aromatic heterocycles. The monoisotopic (exact) mass is 430 g/mol. The van der Waals surface area contributed by atoms with Crippen LogP contribution in [-0.4, -0.2) is 54.3 Å². The van der Waals surface area contributed by atoms with Crippen molar-refractivity contribution < 1.29 is 9.53 Å². The number of anilines is 2. The highest BCUT2D eigenvalue weighted by Gasteiger charge is 2.27. The molecule has 0 aromatic carbocycles. The van der Waals surface area contributed by atoms with Gasteiger partial charge in [-0.3, -0.25) is 0 Å². The van der Waals surface area contributed by atoms with Crippen molar-refractivity contribution in [2.24, 2.45) is 0 Å². The van der Waals surface area contributed by atoms with Gasteiger partial charge in [-0.1, -0.05) is 12.5 Å². The maximum atomic E-state index is 12.5. The van der Waals surface area contributed by atoms with Gasteiger partial charge in [-0.15, -0.1) is 11.3 Å². The molecule has 3 heterocycles. The maximum absolute atomic E-state index is 12.5. The standard InChI is InChI=1S/C21H26N4O2S2/c1-27-20(26)18-15-7-3-2-4-8-16(15)29-19(18)23-21(28)25-13-11-24(12-14-25)17-9-5-6-10-22-17/h5-6,9-10H,2-4,7-8,11-14H2,1H3,(H,23,28). The zero-order chi connectivity index (χ0) is 20.2. The van der Waals surface area contributed by atoms with Crippen molar-refractivity contribution in [3.63, 3.8) is 0 Å². The zero-order valence-electron chi connectivity index (χ0n) is 16.6. The number of aryl methyl sites for hydroxylation is 1. The number of aromatic nitrogens is 1. The van der Waals surface area contributed by atoms with Gasteiger partial charge in [-0.05, 0) is 55.6 Å². The molecule has 1 N–H and O–H groups in total. The molecule has 2 aliphatic rings. The van der Waals surface area contributed by atoms with Crippen LogP contribution in [0.15, 0.2) is 24.4 Å². The largest absolute Gasteiger partial charge is 0.465 e. The predicted molar refractivity (Wildman–Crippen MR) is 121 cm³/mol. The Morgan fingerprint density at radius 2 is 1.97 bits per heavy atom. The lowest BCUT2D eigenvalue weighted by molar-refractivity contribution is 0.0601. The molecule has 154 valence electrons. The molecule has 29 heavy (non-hydrogen) atoms. The molecule has 6 nitrogen and oxygen atoms in total. The second kappa shape index (κ2) is 9.09. The minimum atomic E-state index is -0.269. The van der Waals surface area contributed by atoms with E-state index in [-0.39, 0.29) is 5.97 Å². The molecule has 2 aromatic rings. The summed E-state index contributed by atoms with van der Waals surface area (Å²) in [5, 5.41) is 4.88. The summed E-state index contributed by atoms with van der Waals surface area (Å²) in [6.07, 6.45) is 7.29. The molecule has 0 spiro atoms. The first-order valence-corrected chi connectivity index (χ1v) is 11.3. The third kappa shape index (κ3) is 4.38. The molecule has 4 rings (SSSR count). The van der Waals surface area contributed by atoms with E-state index in [0.717, 1.165) is 61.8 Å². The average molecular weight is 431 g/mol. The molecule has 1 fully saturated rings. The van der Waals surface area contributed by atoms with Crippen LogP contribution in [0.5, 0.6) is 0 Å². The van der Waals surface area contributed by atoms with E-state index < -0.39 is 0 Å². The molecular weight excluding hydrogens is 404 g/mol. The van der Waals surface area contributed by atoms with Crippen molar-refractivity contribution in [1.82, 2.24) is 9.88 Å². The lowest BCUT2D eigenvalue weighted by atomic mass is 10.1. The van der Waals surface area contributed by atoms with Gasteiger partial charge >= 0.3 is 5.97 Å². The van der Waals surface area contributed by atoms with Gasteiger partial charge in [-0.2, -0.15) is 0 Å². The van der Waals surface area contributed by atoms with E-state index in [1.165, 1.54) is 24.8 Å². The fraction of sp³-hybridized carbons (Fsp3) is 0.476. The number of carbonyl (C=O) groups excluding carboxylic acids is 1. The topological polar surface area (TPSA) is 57.7 Å². The Bertz CT molecular complexity index is 876. The second-order valence-corrected chi connectivity index (χ2v) is 8.84. The third-order valence-electron chi connectivity index (χ3n) is 5.57. The molecule has 0 bridgehead atoms. The van der Waals surface area contributed by atoms with Crippen LogP contribution in [-0.2, 0) is 17.6 Å². The van der Waals surface area contributed by atoms with Crippen molar-refractivity contribution in [3.8, 4) is 0 Å². The number of esters is 1. The second-order valence-electron chi connectivity index (χ2n) is 7.35. The van der Waals surface area contributed by atoms with E-state index in [9.17, 15) is 4.79 Å². The minimum Gasteiger partial charge on any atom is -0.465 e. The fourth-order valence-corrected chi connectivity index (χ4v) is 5.63. The van der Waals surface area contributed by atoms with E-state index in [4.69, 9.17) is 17.0 Å². The molecule has 1 aliphatic carbocycles. The fourth-order valence-electron chi connectivity index (χ4n) is 4.00. The van der Waals surface area contributed by atoms with Gasteiger partial charge in [0.05, 0.1) is 12.7 Å². The van der Waals surface area contributed by atoms with Crippen molar-refractivity contribution in [3.05, 3.63) is 40.4 Å². The van der Waals surface area contributed by atoms with E-state index in [1.54, 1.807) is 11.3 Å². The van der Waals surface area contributed by atoms with Gasteiger partial charge in [0.2, 0.25) is 0 Å². The van der Waals surface area contributed by atoms with E-state index in [1.807, 2.05) is 24.4 Å². The Kier molecular flexibility index (Phi) is 6.30. The summed E-state index contributed by atoms with van der Waals surface area (Å²) in [7, 11) is 1.45. The predicted octanol–water partition coefficient (Wildman–Crippen LogP) is 3.72. The Balaban J connectivity index is 1.45.